The van der Waals surface area contributed by atoms with Gasteiger partial charge in [0.1, 0.15) is 11.4 Å². The van der Waals surface area contributed by atoms with Crippen LogP contribution in [0.15, 0.2) is 42.7 Å². The molecule has 0 radical (unpaired) electrons. The third-order valence-corrected chi connectivity index (χ3v) is 5.18. The molecule has 3 aromatic rings. The third kappa shape index (κ3) is 3.57. The van der Waals surface area contributed by atoms with Crippen molar-refractivity contribution in [2.75, 3.05) is 19.7 Å². The molecule has 8 heteroatoms. The van der Waals surface area contributed by atoms with Crippen molar-refractivity contribution in [1.82, 2.24) is 19.5 Å². The van der Waals surface area contributed by atoms with Crippen LogP contribution in [0.5, 0.6) is 0 Å². The predicted octanol–water partition coefficient (Wildman–Crippen LogP) is 2.95. The molecule has 1 aliphatic rings. The zero-order valence-corrected chi connectivity index (χ0v) is 16.0. The summed E-state index contributed by atoms with van der Waals surface area (Å²) in [6.07, 6.45) is 4.14. The normalized spacial score (nSPS) is 14.9. The minimum absolute atomic E-state index is 0.173. The number of aromatic nitrogens is 3. The first-order valence-corrected chi connectivity index (χ1v) is 9.63. The monoisotopic (exact) mass is 396 g/mol. The third-order valence-electron chi connectivity index (χ3n) is 5.18. The molecule has 0 atom stereocenters. The maximum absolute atomic E-state index is 14.2. The lowest BCUT2D eigenvalue weighted by atomic mass is 9.96. The summed E-state index contributed by atoms with van der Waals surface area (Å²) < 4.78 is 20.8. The van der Waals surface area contributed by atoms with Gasteiger partial charge in [-0.25, -0.2) is 13.9 Å². The summed E-state index contributed by atoms with van der Waals surface area (Å²) in [6, 6.07) is 8.07. The Bertz CT molecular complexity index is 1060. The molecule has 0 N–H and O–H groups in total. The van der Waals surface area contributed by atoms with E-state index in [0.29, 0.717) is 55.0 Å². The minimum atomic E-state index is -0.371. The molecule has 3 heterocycles. The Labute approximate surface area is 167 Å². The molecular weight excluding hydrogens is 375 g/mol. The number of halogens is 1. The molecule has 0 spiro atoms. The predicted molar refractivity (Wildman–Crippen MR) is 104 cm³/mol. The van der Waals surface area contributed by atoms with Gasteiger partial charge in [-0.15, -0.1) is 0 Å². The van der Waals surface area contributed by atoms with Gasteiger partial charge in [0, 0.05) is 24.8 Å². The van der Waals surface area contributed by atoms with Gasteiger partial charge in [-0.3, -0.25) is 9.59 Å². The average molecular weight is 396 g/mol. The van der Waals surface area contributed by atoms with Gasteiger partial charge in [0.05, 0.1) is 24.4 Å². The maximum Gasteiger partial charge on any atom is 0.309 e. The Morgan fingerprint density at radius 2 is 1.97 bits per heavy atom. The number of carbonyl (C=O) groups is 2. The number of fused-ring (bicyclic) bond motifs is 1. The number of rotatable bonds is 4. The number of ether oxygens (including phenoxy) is 1. The highest BCUT2D eigenvalue weighted by molar-refractivity contribution is 6.00. The largest absolute Gasteiger partial charge is 0.466 e. The van der Waals surface area contributed by atoms with Gasteiger partial charge < -0.3 is 9.64 Å². The quantitative estimate of drug-likeness (QED) is 0.634. The first kappa shape index (κ1) is 19.0. The summed E-state index contributed by atoms with van der Waals surface area (Å²) >= 11 is 0. The van der Waals surface area contributed by atoms with Crippen molar-refractivity contribution in [2.24, 2.45) is 5.92 Å². The van der Waals surface area contributed by atoms with Crippen molar-refractivity contribution < 1.29 is 18.7 Å². The van der Waals surface area contributed by atoms with E-state index in [1.807, 2.05) is 0 Å². The second-order valence-electron chi connectivity index (χ2n) is 6.92. The summed E-state index contributed by atoms with van der Waals surface area (Å²) in [6.45, 7) is 3.07. The minimum Gasteiger partial charge on any atom is -0.466 e. The molecule has 1 fully saturated rings. The van der Waals surface area contributed by atoms with Gasteiger partial charge >= 0.3 is 5.97 Å². The van der Waals surface area contributed by atoms with E-state index in [0.717, 1.165) is 0 Å². The number of carbonyl (C=O) groups excluding carboxylic acids is 2. The second-order valence-corrected chi connectivity index (χ2v) is 6.92. The Balaban J connectivity index is 1.58. The molecule has 7 nitrogen and oxygen atoms in total. The average Bonchev–Trinajstić information content (AvgIpc) is 3.18. The topological polar surface area (TPSA) is 76.8 Å². The highest BCUT2D eigenvalue weighted by Crippen LogP contribution is 2.25. The number of hydrogen-bond acceptors (Lipinski definition) is 5. The van der Waals surface area contributed by atoms with E-state index in [4.69, 9.17) is 4.74 Å². The number of likely N-dealkylation sites (tertiary alicyclic amines) is 1. The van der Waals surface area contributed by atoms with Crippen LogP contribution in [0.4, 0.5) is 4.39 Å². The number of piperidine rings is 1. The fraction of sp³-hybridized carbons (Fsp3) is 0.333. The van der Waals surface area contributed by atoms with Crippen LogP contribution >= 0.6 is 0 Å². The van der Waals surface area contributed by atoms with Crippen LogP contribution in [0.25, 0.3) is 16.9 Å². The zero-order chi connectivity index (χ0) is 20.4. The van der Waals surface area contributed by atoms with Gasteiger partial charge in [0.25, 0.3) is 5.91 Å². The molecule has 1 amide bonds. The van der Waals surface area contributed by atoms with Crippen molar-refractivity contribution in [1.29, 1.82) is 0 Å². The van der Waals surface area contributed by atoms with Crippen LogP contribution in [0.3, 0.4) is 0 Å². The van der Waals surface area contributed by atoms with Gasteiger partial charge in [0.2, 0.25) is 0 Å². The summed E-state index contributed by atoms with van der Waals surface area (Å²) in [5, 5.41) is 4.29. The van der Waals surface area contributed by atoms with E-state index in [2.05, 4.69) is 10.1 Å². The fourth-order valence-electron chi connectivity index (χ4n) is 3.66. The molecule has 1 aliphatic heterocycles. The molecule has 4 rings (SSSR count). The van der Waals surface area contributed by atoms with Crippen molar-refractivity contribution >= 4 is 17.5 Å². The summed E-state index contributed by atoms with van der Waals surface area (Å²) in [4.78, 5) is 30.9. The molecule has 150 valence electrons. The van der Waals surface area contributed by atoms with Crippen LogP contribution < -0.4 is 0 Å². The zero-order valence-electron chi connectivity index (χ0n) is 16.0. The summed E-state index contributed by atoms with van der Waals surface area (Å²) in [7, 11) is 0. The molecule has 0 unspecified atom stereocenters. The van der Waals surface area contributed by atoms with Crippen LogP contribution in [-0.2, 0) is 9.53 Å². The Kier molecular flexibility index (Phi) is 5.24. The van der Waals surface area contributed by atoms with E-state index in [-0.39, 0.29) is 23.6 Å². The fourth-order valence-corrected chi connectivity index (χ4v) is 3.66. The highest BCUT2D eigenvalue weighted by Gasteiger charge is 2.30. The lowest BCUT2D eigenvalue weighted by Crippen LogP contribution is -2.40. The summed E-state index contributed by atoms with van der Waals surface area (Å²) in [5.41, 5.74) is 1.64. The maximum atomic E-state index is 14.2. The van der Waals surface area contributed by atoms with Crippen LogP contribution in [-0.4, -0.2) is 51.1 Å². The first-order chi connectivity index (χ1) is 14.1. The van der Waals surface area contributed by atoms with Crippen LogP contribution in [0.1, 0.15) is 30.1 Å². The molecule has 1 saturated heterocycles. The molecule has 1 aromatic carbocycles. The first-order valence-electron chi connectivity index (χ1n) is 9.63. The SMILES string of the molecule is CCOC(=O)C1CCN(C(=O)c2cnn3c(-c4ccccc4F)ccnc23)CC1. The lowest BCUT2D eigenvalue weighted by molar-refractivity contribution is -0.149. The van der Waals surface area contributed by atoms with E-state index < -0.39 is 0 Å². The van der Waals surface area contributed by atoms with E-state index in [9.17, 15) is 14.0 Å². The number of benzene rings is 1. The highest BCUT2D eigenvalue weighted by atomic mass is 19.1. The smallest absolute Gasteiger partial charge is 0.309 e. The van der Waals surface area contributed by atoms with Gasteiger partial charge in [0.15, 0.2) is 5.65 Å². The van der Waals surface area contributed by atoms with Crippen LogP contribution in [0.2, 0.25) is 0 Å². The van der Waals surface area contributed by atoms with E-state index in [1.165, 1.54) is 16.8 Å². The molecule has 0 bridgehead atoms. The molecule has 29 heavy (non-hydrogen) atoms. The molecule has 0 aliphatic carbocycles. The van der Waals surface area contributed by atoms with Crippen molar-refractivity contribution in [3.63, 3.8) is 0 Å². The molecular formula is C21H21FN4O3. The van der Waals surface area contributed by atoms with E-state index in [1.54, 1.807) is 42.3 Å². The Morgan fingerprint density at radius 3 is 2.69 bits per heavy atom. The van der Waals surface area contributed by atoms with Crippen molar-refractivity contribution in [2.45, 2.75) is 19.8 Å². The lowest BCUT2D eigenvalue weighted by Gasteiger charge is -2.30. The van der Waals surface area contributed by atoms with Gasteiger partial charge in [-0.2, -0.15) is 5.10 Å². The number of nitrogens with zero attached hydrogens (tertiary/aromatic N) is 4. The van der Waals surface area contributed by atoms with Crippen molar-refractivity contribution in [3.8, 4) is 11.3 Å². The Hall–Kier alpha value is -3.29. The number of esters is 1. The number of amides is 1. The standard InChI is InChI=1S/C21H21FN4O3/c1-2-29-21(28)14-8-11-25(12-9-14)20(27)16-13-24-26-18(7-10-23-19(16)26)15-5-3-4-6-17(15)22/h3-7,10,13-14H,2,8-9,11-12H2,1H3. The summed E-state index contributed by atoms with van der Waals surface area (Å²) in [5.74, 6) is -0.939. The van der Waals surface area contributed by atoms with Gasteiger partial charge in [-0.05, 0) is 38.0 Å². The second kappa shape index (κ2) is 7.98. The Morgan fingerprint density at radius 1 is 1.21 bits per heavy atom. The molecule has 2 aromatic heterocycles. The van der Waals surface area contributed by atoms with Gasteiger partial charge in [-0.1, -0.05) is 12.1 Å². The van der Waals surface area contributed by atoms with Crippen molar-refractivity contribution in [3.05, 3.63) is 54.1 Å². The van der Waals surface area contributed by atoms with E-state index >= 15 is 0 Å². The van der Waals surface area contributed by atoms with Crippen LogP contribution in [0, 0.1) is 11.7 Å². The number of hydrogen-bond donors (Lipinski definition) is 0. The molecule has 0 saturated carbocycles.